The van der Waals surface area contributed by atoms with Crippen molar-refractivity contribution in [3.8, 4) is 0 Å². The van der Waals surface area contributed by atoms with Crippen molar-refractivity contribution >= 4 is 6.29 Å². The van der Waals surface area contributed by atoms with Gasteiger partial charge in [0.2, 0.25) is 0 Å². The number of aldehydes is 1. The fourth-order valence-electron chi connectivity index (χ4n) is 1.40. The van der Waals surface area contributed by atoms with Crippen molar-refractivity contribution in [2.24, 2.45) is 5.92 Å². The van der Waals surface area contributed by atoms with E-state index in [-0.39, 0.29) is 0 Å². The smallest absolute Gasteiger partial charge is 0.142 e. The zero-order chi connectivity index (χ0) is 13.1. The topological polar surface area (TPSA) is 17.1 Å². The van der Waals surface area contributed by atoms with Crippen LogP contribution >= 0.6 is 0 Å². The SMILES string of the molecule is C=C(C)CC/C=C(\C)C/C=C/[C@H](C)/C=C/C=O. The van der Waals surface area contributed by atoms with Gasteiger partial charge in [-0.2, -0.15) is 0 Å². The number of carbonyl (C=O) groups is 1. The zero-order valence-electron chi connectivity index (χ0n) is 11.3. The first-order valence-corrected chi connectivity index (χ1v) is 6.15. The molecule has 0 aliphatic carbocycles. The summed E-state index contributed by atoms with van der Waals surface area (Å²) in [6.45, 7) is 10.2. The van der Waals surface area contributed by atoms with Gasteiger partial charge in [-0.3, -0.25) is 4.79 Å². The zero-order valence-corrected chi connectivity index (χ0v) is 11.3. The molecule has 17 heavy (non-hydrogen) atoms. The molecule has 1 heteroatoms. The third kappa shape index (κ3) is 10.9. The molecule has 0 aliphatic rings. The van der Waals surface area contributed by atoms with Gasteiger partial charge < -0.3 is 0 Å². The van der Waals surface area contributed by atoms with E-state index in [4.69, 9.17) is 0 Å². The molecule has 1 nitrogen and oxygen atoms in total. The molecule has 0 bridgehead atoms. The molecule has 0 aliphatic heterocycles. The van der Waals surface area contributed by atoms with E-state index in [1.54, 1.807) is 6.08 Å². The molecule has 0 aromatic carbocycles. The summed E-state index contributed by atoms with van der Waals surface area (Å²) in [6, 6.07) is 0. The van der Waals surface area contributed by atoms with Crippen LogP contribution < -0.4 is 0 Å². The predicted molar refractivity (Wildman–Crippen MR) is 75.9 cm³/mol. The van der Waals surface area contributed by atoms with Crippen LogP contribution in [0.25, 0.3) is 0 Å². The van der Waals surface area contributed by atoms with Gasteiger partial charge in [-0.05, 0) is 45.1 Å². The molecule has 0 radical (unpaired) electrons. The molecular weight excluding hydrogens is 208 g/mol. The summed E-state index contributed by atoms with van der Waals surface area (Å²) in [4.78, 5) is 10.1. The summed E-state index contributed by atoms with van der Waals surface area (Å²) >= 11 is 0. The van der Waals surface area contributed by atoms with Gasteiger partial charge >= 0.3 is 0 Å². The first kappa shape index (κ1) is 15.6. The lowest BCUT2D eigenvalue weighted by Crippen LogP contribution is -1.83. The highest BCUT2D eigenvalue weighted by Crippen LogP contribution is 2.09. The van der Waals surface area contributed by atoms with E-state index in [1.807, 2.05) is 6.08 Å². The van der Waals surface area contributed by atoms with E-state index in [1.165, 1.54) is 11.1 Å². The lowest BCUT2D eigenvalue weighted by molar-refractivity contribution is -0.104. The Morgan fingerprint density at radius 3 is 2.59 bits per heavy atom. The van der Waals surface area contributed by atoms with Crippen LogP contribution in [0.2, 0.25) is 0 Å². The minimum atomic E-state index is 0.323. The highest BCUT2D eigenvalue weighted by atomic mass is 16.1. The Morgan fingerprint density at radius 1 is 1.29 bits per heavy atom. The summed E-state index contributed by atoms with van der Waals surface area (Å²) in [5, 5.41) is 0. The van der Waals surface area contributed by atoms with E-state index in [0.717, 1.165) is 25.5 Å². The molecule has 1 atom stereocenters. The first-order chi connectivity index (χ1) is 8.06. The average molecular weight is 232 g/mol. The number of hydrogen-bond donors (Lipinski definition) is 0. The van der Waals surface area contributed by atoms with Crippen molar-refractivity contribution in [2.45, 2.75) is 40.0 Å². The molecular formula is C16H24O. The van der Waals surface area contributed by atoms with E-state index < -0.39 is 0 Å². The van der Waals surface area contributed by atoms with Gasteiger partial charge in [-0.1, -0.05) is 42.4 Å². The Labute approximate surface area is 106 Å². The summed E-state index contributed by atoms with van der Waals surface area (Å²) in [7, 11) is 0. The fraction of sp³-hybridized carbons (Fsp3) is 0.438. The minimum absolute atomic E-state index is 0.323. The van der Waals surface area contributed by atoms with Gasteiger partial charge in [0.15, 0.2) is 0 Å². The molecule has 0 heterocycles. The van der Waals surface area contributed by atoms with Crippen molar-refractivity contribution in [3.05, 3.63) is 48.1 Å². The molecule has 0 fully saturated rings. The minimum Gasteiger partial charge on any atom is -0.299 e. The van der Waals surface area contributed by atoms with Gasteiger partial charge in [0.1, 0.15) is 6.29 Å². The summed E-state index contributed by atoms with van der Waals surface area (Å²) in [5.74, 6) is 0.323. The second-order valence-electron chi connectivity index (χ2n) is 4.56. The van der Waals surface area contributed by atoms with Crippen molar-refractivity contribution in [1.29, 1.82) is 0 Å². The Morgan fingerprint density at radius 2 is 2.00 bits per heavy atom. The maximum absolute atomic E-state index is 10.1. The third-order valence-corrected chi connectivity index (χ3v) is 2.44. The molecule has 0 rings (SSSR count). The van der Waals surface area contributed by atoms with Gasteiger partial charge in [-0.25, -0.2) is 0 Å². The van der Waals surface area contributed by atoms with Crippen LogP contribution in [-0.2, 0) is 4.79 Å². The van der Waals surface area contributed by atoms with Gasteiger partial charge in [0.05, 0.1) is 0 Å². The summed E-state index contributed by atoms with van der Waals surface area (Å²) in [6.07, 6.45) is 13.9. The molecule has 0 saturated heterocycles. The average Bonchev–Trinajstić information content (AvgIpc) is 2.25. The van der Waals surface area contributed by atoms with Crippen LogP contribution in [0, 0.1) is 5.92 Å². The molecule has 94 valence electrons. The number of rotatable bonds is 8. The predicted octanol–water partition coefficient (Wildman–Crippen LogP) is 4.63. The van der Waals surface area contributed by atoms with Crippen LogP contribution in [0.4, 0.5) is 0 Å². The third-order valence-electron chi connectivity index (χ3n) is 2.44. The second-order valence-corrected chi connectivity index (χ2v) is 4.56. The largest absolute Gasteiger partial charge is 0.299 e. The van der Waals surface area contributed by atoms with Crippen LogP contribution in [0.3, 0.4) is 0 Å². The fourth-order valence-corrected chi connectivity index (χ4v) is 1.40. The monoisotopic (exact) mass is 232 g/mol. The number of carbonyl (C=O) groups excluding carboxylic acids is 1. The number of hydrogen-bond acceptors (Lipinski definition) is 1. The Balaban J connectivity index is 3.92. The molecule has 0 N–H and O–H groups in total. The molecule has 0 aromatic rings. The van der Waals surface area contributed by atoms with Gasteiger partial charge in [0, 0.05) is 0 Å². The van der Waals surface area contributed by atoms with Gasteiger partial charge in [0.25, 0.3) is 0 Å². The van der Waals surface area contributed by atoms with E-state index in [9.17, 15) is 4.79 Å². The van der Waals surface area contributed by atoms with E-state index in [0.29, 0.717) is 5.92 Å². The first-order valence-electron chi connectivity index (χ1n) is 6.15. The quantitative estimate of drug-likeness (QED) is 0.339. The van der Waals surface area contributed by atoms with Crippen LogP contribution in [-0.4, -0.2) is 6.29 Å². The van der Waals surface area contributed by atoms with E-state index >= 15 is 0 Å². The summed E-state index contributed by atoms with van der Waals surface area (Å²) in [5.41, 5.74) is 2.62. The molecule has 0 amide bonds. The van der Waals surface area contributed by atoms with Gasteiger partial charge in [-0.15, -0.1) is 6.58 Å². The standard InChI is InChI=1S/C16H24O/c1-14(2)8-5-9-15(3)10-6-11-16(4)12-7-13-17/h6-7,9,11-13,16H,1,5,8,10H2,2-4H3/b11-6+,12-7+,15-9+/t16-/m0/s1. The Kier molecular flexibility index (Phi) is 9.04. The number of allylic oxidation sites excluding steroid dienone is 7. The van der Waals surface area contributed by atoms with Crippen molar-refractivity contribution in [2.75, 3.05) is 0 Å². The van der Waals surface area contributed by atoms with Crippen molar-refractivity contribution in [1.82, 2.24) is 0 Å². The van der Waals surface area contributed by atoms with E-state index in [2.05, 4.69) is 45.6 Å². The lowest BCUT2D eigenvalue weighted by atomic mass is 10.1. The Hall–Kier alpha value is -1.37. The normalized spacial score (nSPS) is 14.4. The molecule has 0 aromatic heterocycles. The van der Waals surface area contributed by atoms with Crippen LogP contribution in [0.15, 0.2) is 48.1 Å². The maximum atomic E-state index is 10.1. The maximum Gasteiger partial charge on any atom is 0.142 e. The van der Waals surface area contributed by atoms with Crippen molar-refractivity contribution in [3.63, 3.8) is 0 Å². The summed E-state index contributed by atoms with van der Waals surface area (Å²) < 4.78 is 0. The van der Waals surface area contributed by atoms with Crippen LogP contribution in [0.1, 0.15) is 40.0 Å². The highest BCUT2D eigenvalue weighted by molar-refractivity contribution is 5.64. The molecule has 0 unspecified atom stereocenters. The molecule has 0 saturated carbocycles. The van der Waals surface area contributed by atoms with Crippen molar-refractivity contribution < 1.29 is 4.79 Å². The Bertz CT molecular complexity index is 318. The molecule has 0 spiro atoms. The highest BCUT2D eigenvalue weighted by Gasteiger charge is 1.90. The second kappa shape index (κ2) is 9.83. The lowest BCUT2D eigenvalue weighted by Gasteiger charge is -1.99. The van der Waals surface area contributed by atoms with Crippen LogP contribution in [0.5, 0.6) is 0 Å².